The first-order chi connectivity index (χ1) is 13.7. The first kappa shape index (κ1) is 20.5. The summed E-state index contributed by atoms with van der Waals surface area (Å²) in [5.74, 6) is 0.466. The van der Waals surface area contributed by atoms with Gasteiger partial charge in [0, 0.05) is 30.5 Å². The summed E-state index contributed by atoms with van der Waals surface area (Å²) in [6, 6.07) is 2.90. The number of fused-ring (bicyclic) bond motifs is 1. The van der Waals surface area contributed by atoms with Crippen LogP contribution in [0.1, 0.15) is 25.0 Å². The molecule has 2 N–H and O–H groups in total. The zero-order valence-corrected chi connectivity index (χ0v) is 16.0. The van der Waals surface area contributed by atoms with Crippen LogP contribution in [0.5, 0.6) is 0 Å². The number of nitrogens with zero attached hydrogens (tertiary/aromatic N) is 4. The van der Waals surface area contributed by atoms with Gasteiger partial charge in [-0.2, -0.15) is 18.4 Å². The number of anilines is 1. The minimum absolute atomic E-state index is 0.0812. The number of hydrogen-bond donors (Lipinski definition) is 2. The van der Waals surface area contributed by atoms with Gasteiger partial charge in [0.1, 0.15) is 11.7 Å². The van der Waals surface area contributed by atoms with Gasteiger partial charge >= 0.3 is 6.18 Å². The molecule has 0 radical (unpaired) electrons. The van der Waals surface area contributed by atoms with E-state index < -0.39 is 11.7 Å². The molecule has 0 aliphatic heterocycles. The van der Waals surface area contributed by atoms with Crippen LogP contribution in [-0.4, -0.2) is 39.7 Å². The number of nitriles is 1. The van der Waals surface area contributed by atoms with Crippen LogP contribution in [0.4, 0.5) is 19.1 Å². The Kier molecular flexibility index (Phi) is 5.70. The van der Waals surface area contributed by atoms with Crippen LogP contribution in [0.2, 0.25) is 0 Å². The first-order valence-corrected chi connectivity index (χ1v) is 8.82. The van der Waals surface area contributed by atoms with E-state index in [1.165, 1.54) is 12.4 Å². The largest absolute Gasteiger partial charge is 0.417 e. The van der Waals surface area contributed by atoms with Crippen molar-refractivity contribution in [1.82, 2.24) is 19.9 Å². The highest BCUT2D eigenvalue weighted by Gasteiger charge is 2.31. The van der Waals surface area contributed by atoms with Crippen molar-refractivity contribution in [3.8, 4) is 17.3 Å². The SMILES string of the molecule is COCC(Nc1ncc(C#N)c(-c2c[nH]c3ncc(C(F)(F)F)cc23)n1)C(C)C. The number of aromatic nitrogens is 4. The van der Waals surface area contributed by atoms with Crippen molar-refractivity contribution < 1.29 is 17.9 Å². The number of ether oxygens (including phenoxy) is 1. The van der Waals surface area contributed by atoms with Gasteiger partial charge < -0.3 is 15.0 Å². The summed E-state index contributed by atoms with van der Waals surface area (Å²) in [6.07, 6.45) is -0.940. The van der Waals surface area contributed by atoms with Gasteiger partial charge in [0.05, 0.1) is 35.7 Å². The topological polar surface area (TPSA) is 99.5 Å². The van der Waals surface area contributed by atoms with Gasteiger partial charge in [0.2, 0.25) is 5.95 Å². The van der Waals surface area contributed by atoms with E-state index in [2.05, 4.69) is 25.3 Å². The Bertz CT molecular complexity index is 1050. The molecule has 0 spiro atoms. The van der Waals surface area contributed by atoms with Crippen molar-refractivity contribution in [2.75, 3.05) is 19.0 Å². The van der Waals surface area contributed by atoms with Crippen LogP contribution in [0, 0.1) is 17.2 Å². The van der Waals surface area contributed by atoms with Crippen LogP contribution in [0.3, 0.4) is 0 Å². The van der Waals surface area contributed by atoms with Crippen LogP contribution in [0.25, 0.3) is 22.3 Å². The number of methoxy groups -OCH3 is 1. The molecular formula is C19H19F3N6O. The molecule has 3 aromatic rings. The average Bonchev–Trinajstić information content (AvgIpc) is 3.10. The number of nitrogens with one attached hydrogen (secondary N) is 2. The number of aromatic amines is 1. The van der Waals surface area contributed by atoms with Gasteiger partial charge in [0.15, 0.2) is 0 Å². The smallest absolute Gasteiger partial charge is 0.383 e. The highest BCUT2D eigenvalue weighted by molar-refractivity contribution is 5.94. The molecule has 0 amide bonds. The molecule has 0 aliphatic rings. The van der Waals surface area contributed by atoms with Crippen molar-refractivity contribution >= 4 is 17.0 Å². The van der Waals surface area contributed by atoms with Gasteiger partial charge in [-0.25, -0.2) is 15.0 Å². The minimum atomic E-state index is -4.53. The minimum Gasteiger partial charge on any atom is -0.383 e. The molecule has 1 atom stereocenters. The first-order valence-electron chi connectivity index (χ1n) is 8.82. The lowest BCUT2D eigenvalue weighted by Gasteiger charge is -2.21. The number of pyridine rings is 1. The van der Waals surface area contributed by atoms with Crippen molar-refractivity contribution in [2.24, 2.45) is 5.92 Å². The van der Waals surface area contributed by atoms with E-state index in [0.717, 1.165) is 12.3 Å². The lowest BCUT2D eigenvalue weighted by molar-refractivity contribution is -0.137. The predicted octanol–water partition coefficient (Wildman–Crippen LogP) is 3.99. The van der Waals surface area contributed by atoms with E-state index in [1.54, 1.807) is 7.11 Å². The van der Waals surface area contributed by atoms with Gasteiger partial charge in [-0.1, -0.05) is 13.8 Å². The second-order valence-electron chi connectivity index (χ2n) is 6.84. The molecule has 0 bridgehead atoms. The maximum Gasteiger partial charge on any atom is 0.417 e. The Labute approximate surface area is 165 Å². The molecule has 0 saturated carbocycles. The molecule has 0 saturated heterocycles. The molecule has 1 unspecified atom stereocenters. The molecule has 0 aromatic carbocycles. The molecule has 3 rings (SSSR count). The number of halogens is 3. The summed E-state index contributed by atoms with van der Waals surface area (Å²) in [7, 11) is 1.58. The normalized spacial score (nSPS) is 12.9. The van der Waals surface area contributed by atoms with Gasteiger partial charge in [-0.3, -0.25) is 0 Å². The van der Waals surface area contributed by atoms with Crippen molar-refractivity contribution in [2.45, 2.75) is 26.1 Å². The Morgan fingerprint density at radius 2 is 2.03 bits per heavy atom. The highest BCUT2D eigenvalue weighted by atomic mass is 19.4. The molecule has 10 heteroatoms. The molecule has 152 valence electrons. The lowest BCUT2D eigenvalue weighted by Crippen LogP contribution is -2.31. The monoisotopic (exact) mass is 404 g/mol. The fourth-order valence-corrected chi connectivity index (χ4v) is 2.84. The highest BCUT2D eigenvalue weighted by Crippen LogP contribution is 2.34. The molecule has 29 heavy (non-hydrogen) atoms. The number of H-pyrrole nitrogens is 1. The van der Waals surface area contributed by atoms with E-state index in [4.69, 9.17) is 4.74 Å². The van der Waals surface area contributed by atoms with Crippen molar-refractivity contribution in [3.63, 3.8) is 0 Å². The summed E-state index contributed by atoms with van der Waals surface area (Å²) in [4.78, 5) is 15.2. The summed E-state index contributed by atoms with van der Waals surface area (Å²) < 4.78 is 44.5. The molecule has 0 fully saturated rings. The standard InChI is InChI=1S/C19H19F3N6O/c1-10(2)15(9-29-3)27-18-26-6-11(5-23)16(28-18)14-8-25-17-13(14)4-12(7-24-17)19(20,21)22/h4,6-8,10,15H,9H2,1-3H3,(H,24,25)(H,26,27,28). The summed E-state index contributed by atoms with van der Waals surface area (Å²) in [5, 5.41) is 12.8. The summed E-state index contributed by atoms with van der Waals surface area (Å²) >= 11 is 0. The van der Waals surface area contributed by atoms with E-state index in [-0.39, 0.29) is 40.2 Å². The van der Waals surface area contributed by atoms with E-state index in [1.807, 2.05) is 19.9 Å². The van der Waals surface area contributed by atoms with E-state index in [0.29, 0.717) is 12.2 Å². The third kappa shape index (κ3) is 4.30. The summed E-state index contributed by atoms with van der Waals surface area (Å²) in [5.41, 5.74) is 0.0913. The zero-order chi connectivity index (χ0) is 21.2. The average molecular weight is 404 g/mol. The van der Waals surface area contributed by atoms with Crippen LogP contribution >= 0.6 is 0 Å². The predicted molar refractivity (Wildman–Crippen MR) is 101 cm³/mol. The number of alkyl halides is 3. The van der Waals surface area contributed by atoms with Crippen LogP contribution < -0.4 is 5.32 Å². The van der Waals surface area contributed by atoms with Gasteiger partial charge in [-0.15, -0.1) is 0 Å². The Hall–Kier alpha value is -3.19. The maximum absolute atomic E-state index is 13.1. The molecule has 7 nitrogen and oxygen atoms in total. The van der Waals surface area contributed by atoms with Crippen molar-refractivity contribution in [3.05, 3.63) is 35.8 Å². The lowest BCUT2D eigenvalue weighted by atomic mass is 10.1. The molecule has 0 aliphatic carbocycles. The Morgan fingerprint density at radius 1 is 1.28 bits per heavy atom. The summed E-state index contributed by atoms with van der Waals surface area (Å²) in [6.45, 7) is 4.43. The fraction of sp³-hybridized carbons (Fsp3) is 0.368. The quantitative estimate of drug-likeness (QED) is 0.644. The zero-order valence-electron chi connectivity index (χ0n) is 16.0. The number of rotatable bonds is 6. The molecule has 3 heterocycles. The third-order valence-electron chi connectivity index (χ3n) is 4.49. The molecule has 3 aromatic heterocycles. The Morgan fingerprint density at radius 3 is 2.66 bits per heavy atom. The third-order valence-corrected chi connectivity index (χ3v) is 4.49. The Balaban J connectivity index is 2.09. The molecular weight excluding hydrogens is 385 g/mol. The fourth-order valence-electron chi connectivity index (χ4n) is 2.84. The van der Waals surface area contributed by atoms with Crippen LogP contribution in [0.15, 0.2) is 24.7 Å². The van der Waals surface area contributed by atoms with Crippen molar-refractivity contribution in [1.29, 1.82) is 5.26 Å². The maximum atomic E-state index is 13.1. The van der Waals surface area contributed by atoms with Gasteiger partial charge in [0.25, 0.3) is 0 Å². The number of hydrogen-bond acceptors (Lipinski definition) is 6. The van der Waals surface area contributed by atoms with Crippen LogP contribution in [-0.2, 0) is 10.9 Å². The second-order valence-corrected chi connectivity index (χ2v) is 6.84. The van der Waals surface area contributed by atoms with E-state index in [9.17, 15) is 18.4 Å². The second kappa shape index (κ2) is 8.05. The van der Waals surface area contributed by atoms with Gasteiger partial charge in [-0.05, 0) is 12.0 Å². The van der Waals surface area contributed by atoms with E-state index >= 15 is 0 Å².